The van der Waals surface area contributed by atoms with E-state index in [0.29, 0.717) is 11.7 Å². The zero-order valence-electron chi connectivity index (χ0n) is 12.7. The van der Waals surface area contributed by atoms with Crippen LogP contribution in [-0.2, 0) is 23.8 Å². The Morgan fingerprint density at radius 1 is 1.35 bits per heavy atom. The Hall–Kier alpha value is -2.38. The summed E-state index contributed by atoms with van der Waals surface area (Å²) in [6, 6.07) is 5.18. The first-order valence-corrected chi connectivity index (χ1v) is 7.11. The summed E-state index contributed by atoms with van der Waals surface area (Å²) in [5.41, 5.74) is -0.0791. The van der Waals surface area contributed by atoms with Crippen molar-refractivity contribution < 1.29 is 18.0 Å². The second-order valence-electron chi connectivity index (χ2n) is 5.61. The van der Waals surface area contributed by atoms with Crippen molar-refractivity contribution in [3.05, 3.63) is 41.3 Å². The van der Waals surface area contributed by atoms with Crippen LogP contribution in [0.2, 0.25) is 0 Å². The van der Waals surface area contributed by atoms with Crippen LogP contribution in [0.1, 0.15) is 30.9 Å². The molecular weight excluding hydrogens is 309 g/mol. The van der Waals surface area contributed by atoms with Gasteiger partial charge >= 0.3 is 6.18 Å². The maximum atomic E-state index is 12.6. The van der Waals surface area contributed by atoms with Crippen LogP contribution < -0.4 is 5.32 Å². The fourth-order valence-corrected chi connectivity index (χ4v) is 2.06. The van der Waals surface area contributed by atoms with E-state index in [9.17, 15) is 18.0 Å². The van der Waals surface area contributed by atoms with Gasteiger partial charge in [0, 0.05) is 11.8 Å². The molecule has 2 rings (SSSR count). The van der Waals surface area contributed by atoms with Gasteiger partial charge in [-0.3, -0.25) is 9.89 Å². The Kier molecular flexibility index (Phi) is 5.02. The molecule has 0 saturated heterocycles. The Morgan fingerprint density at radius 3 is 2.74 bits per heavy atom. The molecule has 0 saturated carbocycles. The van der Waals surface area contributed by atoms with Gasteiger partial charge < -0.3 is 5.32 Å². The summed E-state index contributed by atoms with van der Waals surface area (Å²) < 4.78 is 37.7. The largest absolute Gasteiger partial charge is 0.433 e. The highest BCUT2D eigenvalue weighted by atomic mass is 19.4. The summed E-state index contributed by atoms with van der Waals surface area (Å²) >= 11 is 0. The number of amides is 1. The first kappa shape index (κ1) is 17.0. The molecule has 0 aliphatic carbocycles. The van der Waals surface area contributed by atoms with E-state index in [2.05, 4.69) is 34.3 Å². The number of anilines is 1. The van der Waals surface area contributed by atoms with Crippen LogP contribution in [0.25, 0.3) is 0 Å². The molecule has 0 unspecified atom stereocenters. The number of pyridine rings is 1. The van der Waals surface area contributed by atoms with Crippen LogP contribution in [-0.4, -0.2) is 21.1 Å². The Bertz CT molecular complexity index is 679. The lowest BCUT2D eigenvalue weighted by Gasteiger charge is -2.07. The number of hydrogen-bond donors (Lipinski definition) is 2. The number of nitrogens with one attached hydrogen (secondary N) is 2. The van der Waals surface area contributed by atoms with Crippen LogP contribution in [0.15, 0.2) is 24.3 Å². The van der Waals surface area contributed by atoms with Gasteiger partial charge in [-0.2, -0.15) is 18.3 Å². The number of nitrogens with zero attached hydrogens (tertiary/aromatic N) is 2. The molecule has 2 N–H and O–H groups in total. The molecule has 0 atom stereocenters. The quantitative estimate of drug-likeness (QED) is 0.886. The minimum atomic E-state index is -4.53. The molecule has 124 valence electrons. The number of H-pyrrole nitrogens is 1. The van der Waals surface area contributed by atoms with Gasteiger partial charge in [0.15, 0.2) is 5.82 Å². The van der Waals surface area contributed by atoms with Gasteiger partial charge in [0.2, 0.25) is 5.91 Å². The van der Waals surface area contributed by atoms with Gasteiger partial charge in [0.05, 0.1) is 12.1 Å². The van der Waals surface area contributed by atoms with Gasteiger partial charge in [-0.05, 0) is 24.5 Å². The molecule has 2 aromatic heterocycles. The van der Waals surface area contributed by atoms with E-state index in [1.54, 1.807) is 6.07 Å². The molecule has 0 aromatic carbocycles. The van der Waals surface area contributed by atoms with Crippen molar-refractivity contribution in [2.24, 2.45) is 5.92 Å². The van der Waals surface area contributed by atoms with Crippen molar-refractivity contribution in [2.45, 2.75) is 32.9 Å². The first-order valence-electron chi connectivity index (χ1n) is 7.11. The lowest BCUT2D eigenvalue weighted by Crippen LogP contribution is -2.17. The first-order chi connectivity index (χ1) is 10.7. The molecule has 8 heteroatoms. The molecule has 0 bridgehead atoms. The van der Waals surface area contributed by atoms with Gasteiger partial charge in [0.25, 0.3) is 0 Å². The summed E-state index contributed by atoms with van der Waals surface area (Å²) in [7, 11) is 0. The highest BCUT2D eigenvalue weighted by molar-refractivity contribution is 5.91. The van der Waals surface area contributed by atoms with Crippen LogP contribution >= 0.6 is 0 Å². The smallest absolute Gasteiger partial charge is 0.309 e. The minimum Gasteiger partial charge on any atom is -0.309 e. The zero-order valence-corrected chi connectivity index (χ0v) is 12.7. The van der Waals surface area contributed by atoms with E-state index in [0.717, 1.165) is 18.2 Å². The van der Waals surface area contributed by atoms with E-state index >= 15 is 0 Å². The standard InChI is InChI=1S/C15H17F3N4O/c1-9(2)6-11-7-13(22-21-11)20-14(23)8-10-4-3-5-12(19-10)15(16,17)18/h3-5,7,9H,6,8H2,1-2H3,(H2,20,21,22,23). The number of carbonyl (C=O) groups is 1. The molecule has 0 radical (unpaired) electrons. The predicted molar refractivity (Wildman–Crippen MR) is 78.7 cm³/mol. The van der Waals surface area contributed by atoms with E-state index in [1.807, 2.05) is 0 Å². The van der Waals surface area contributed by atoms with Crippen LogP contribution in [0.5, 0.6) is 0 Å². The van der Waals surface area contributed by atoms with Crippen molar-refractivity contribution in [1.82, 2.24) is 15.2 Å². The van der Waals surface area contributed by atoms with Crippen LogP contribution in [0, 0.1) is 5.92 Å². The minimum absolute atomic E-state index is 0.0512. The molecular formula is C15H17F3N4O. The molecule has 5 nitrogen and oxygen atoms in total. The molecule has 1 amide bonds. The second kappa shape index (κ2) is 6.80. The van der Waals surface area contributed by atoms with Crippen molar-refractivity contribution >= 4 is 11.7 Å². The fraction of sp³-hybridized carbons (Fsp3) is 0.400. The van der Waals surface area contributed by atoms with Crippen molar-refractivity contribution in [1.29, 1.82) is 0 Å². The molecule has 2 heterocycles. The number of rotatable bonds is 5. The Labute approximate surface area is 131 Å². The summed E-state index contributed by atoms with van der Waals surface area (Å²) in [6.45, 7) is 4.11. The summed E-state index contributed by atoms with van der Waals surface area (Å²) in [6.07, 6.45) is -3.99. The van der Waals surface area contributed by atoms with E-state index in [4.69, 9.17) is 0 Å². The lowest BCUT2D eigenvalue weighted by molar-refractivity contribution is -0.141. The molecule has 0 aliphatic rings. The van der Waals surface area contributed by atoms with Crippen molar-refractivity contribution in [3.8, 4) is 0 Å². The van der Waals surface area contributed by atoms with Crippen LogP contribution in [0.4, 0.5) is 19.0 Å². The summed E-state index contributed by atoms with van der Waals surface area (Å²) in [5.74, 6) is 0.311. The van der Waals surface area contributed by atoms with E-state index < -0.39 is 17.8 Å². The Morgan fingerprint density at radius 2 is 2.09 bits per heavy atom. The third kappa shape index (κ3) is 5.08. The number of halogens is 3. The van der Waals surface area contributed by atoms with Crippen molar-refractivity contribution in [2.75, 3.05) is 5.32 Å². The lowest BCUT2D eigenvalue weighted by atomic mass is 10.1. The topological polar surface area (TPSA) is 70.7 Å². The SMILES string of the molecule is CC(C)Cc1cc(NC(=O)Cc2cccc(C(F)(F)F)n2)n[nH]1. The normalized spacial score (nSPS) is 11.7. The number of aromatic amines is 1. The molecule has 0 fully saturated rings. The number of aromatic nitrogens is 3. The average Bonchev–Trinajstić information content (AvgIpc) is 2.84. The van der Waals surface area contributed by atoms with Gasteiger partial charge in [-0.1, -0.05) is 19.9 Å². The fourth-order valence-electron chi connectivity index (χ4n) is 2.06. The highest BCUT2D eigenvalue weighted by Gasteiger charge is 2.32. The van der Waals surface area contributed by atoms with E-state index in [1.165, 1.54) is 12.1 Å². The maximum Gasteiger partial charge on any atom is 0.433 e. The van der Waals surface area contributed by atoms with Gasteiger partial charge in [0.1, 0.15) is 5.69 Å². The molecule has 0 spiro atoms. The van der Waals surface area contributed by atoms with Crippen molar-refractivity contribution in [3.63, 3.8) is 0 Å². The third-order valence-corrected chi connectivity index (χ3v) is 2.97. The number of carbonyl (C=O) groups excluding carboxylic acids is 1. The van der Waals surface area contributed by atoms with Gasteiger partial charge in [-0.15, -0.1) is 0 Å². The van der Waals surface area contributed by atoms with Crippen LogP contribution in [0.3, 0.4) is 0 Å². The van der Waals surface area contributed by atoms with E-state index in [-0.39, 0.29) is 12.1 Å². The van der Waals surface area contributed by atoms with Gasteiger partial charge in [-0.25, -0.2) is 4.98 Å². The number of alkyl halides is 3. The third-order valence-electron chi connectivity index (χ3n) is 2.97. The predicted octanol–water partition coefficient (Wildman–Crippen LogP) is 3.20. The zero-order chi connectivity index (χ0) is 17.0. The molecule has 2 aromatic rings. The highest BCUT2D eigenvalue weighted by Crippen LogP contribution is 2.27. The average molecular weight is 326 g/mol. The molecule has 0 aliphatic heterocycles. The maximum absolute atomic E-state index is 12.6. The molecule has 23 heavy (non-hydrogen) atoms. The summed E-state index contributed by atoms with van der Waals surface area (Å²) in [4.78, 5) is 15.3. The number of hydrogen-bond acceptors (Lipinski definition) is 3. The second-order valence-corrected chi connectivity index (χ2v) is 5.61. The Balaban J connectivity index is 1.98. The monoisotopic (exact) mass is 326 g/mol. The summed E-state index contributed by atoms with van der Waals surface area (Å²) in [5, 5.41) is 9.30.